The van der Waals surface area contributed by atoms with Crippen molar-refractivity contribution in [2.45, 2.75) is 6.61 Å². The highest BCUT2D eigenvalue weighted by Gasteiger charge is 2.14. The van der Waals surface area contributed by atoms with Gasteiger partial charge in [-0.3, -0.25) is 14.9 Å². The summed E-state index contributed by atoms with van der Waals surface area (Å²) in [4.78, 5) is 23.7. The number of amides is 1. The summed E-state index contributed by atoms with van der Waals surface area (Å²) in [6.07, 6.45) is 0. The summed E-state index contributed by atoms with van der Waals surface area (Å²) in [6, 6.07) is 24.5. The summed E-state index contributed by atoms with van der Waals surface area (Å²) in [5, 5.41) is 15.2. The highest BCUT2D eigenvalue weighted by molar-refractivity contribution is 6.30. The van der Waals surface area contributed by atoms with E-state index in [0.717, 1.165) is 5.56 Å². The van der Waals surface area contributed by atoms with Crippen LogP contribution in [0.25, 0.3) is 0 Å². The minimum atomic E-state index is -0.556. The van der Waals surface area contributed by atoms with Gasteiger partial charge < -0.3 is 14.8 Å². The Morgan fingerprint density at radius 2 is 1.49 bits per heavy atom. The molecule has 4 rings (SSSR count). The summed E-state index contributed by atoms with van der Waals surface area (Å²) < 4.78 is 11.4. The predicted octanol–water partition coefficient (Wildman–Crippen LogP) is 7.53. The molecule has 1 N–H and O–H groups in total. The van der Waals surface area contributed by atoms with Crippen molar-refractivity contribution in [2.75, 3.05) is 5.32 Å². The number of halogens is 2. The molecule has 0 heterocycles. The Morgan fingerprint density at radius 1 is 0.829 bits per heavy atom. The number of nitro groups is 1. The monoisotopic (exact) mass is 508 g/mol. The minimum absolute atomic E-state index is 0.196. The van der Waals surface area contributed by atoms with Crippen LogP contribution in [0.1, 0.15) is 15.9 Å². The van der Waals surface area contributed by atoms with Crippen molar-refractivity contribution in [3.8, 4) is 17.2 Å². The van der Waals surface area contributed by atoms with Crippen LogP contribution in [0.2, 0.25) is 10.0 Å². The lowest BCUT2D eigenvalue weighted by Gasteiger charge is -2.11. The summed E-state index contributed by atoms with van der Waals surface area (Å²) in [5.41, 5.74) is 1.14. The number of anilines is 1. The van der Waals surface area contributed by atoms with Crippen molar-refractivity contribution in [3.63, 3.8) is 0 Å². The van der Waals surface area contributed by atoms with E-state index in [9.17, 15) is 14.9 Å². The first kappa shape index (κ1) is 24.1. The van der Waals surface area contributed by atoms with Gasteiger partial charge in [0.05, 0.1) is 16.7 Å². The first-order chi connectivity index (χ1) is 16.9. The highest BCUT2D eigenvalue weighted by atomic mass is 35.5. The summed E-state index contributed by atoms with van der Waals surface area (Å²) in [6.45, 7) is 0.249. The number of nitrogens with zero attached hydrogens (tertiary/aromatic N) is 1. The first-order valence-electron chi connectivity index (χ1n) is 10.4. The Bertz CT molecular complexity index is 1360. The molecule has 4 aromatic rings. The van der Waals surface area contributed by atoms with Crippen LogP contribution in [0.3, 0.4) is 0 Å². The quantitative estimate of drug-likeness (QED) is 0.196. The van der Waals surface area contributed by atoms with Crippen LogP contribution in [0, 0.1) is 10.1 Å². The van der Waals surface area contributed by atoms with Crippen molar-refractivity contribution in [2.24, 2.45) is 0 Å². The standard InChI is InChI=1S/C26H18Cl2N2O5/c27-19-4-8-23(9-5-19)34-16-17-2-1-3-18(12-17)26(31)29-21-13-22(30(32)33)15-25(14-21)35-24-10-6-20(28)7-11-24/h1-15H,16H2,(H,29,31). The van der Waals surface area contributed by atoms with E-state index in [1.807, 2.05) is 6.07 Å². The Morgan fingerprint density at radius 3 is 2.14 bits per heavy atom. The fourth-order valence-electron chi connectivity index (χ4n) is 3.16. The smallest absolute Gasteiger partial charge is 0.275 e. The molecule has 0 aliphatic rings. The van der Waals surface area contributed by atoms with Crippen molar-refractivity contribution in [1.82, 2.24) is 0 Å². The van der Waals surface area contributed by atoms with Gasteiger partial charge in [-0.15, -0.1) is 0 Å². The van der Waals surface area contributed by atoms with Crippen LogP contribution in [-0.4, -0.2) is 10.8 Å². The summed E-state index contributed by atoms with van der Waals surface area (Å²) in [5.74, 6) is 0.854. The van der Waals surface area contributed by atoms with E-state index < -0.39 is 10.8 Å². The van der Waals surface area contributed by atoms with E-state index >= 15 is 0 Å². The van der Waals surface area contributed by atoms with Gasteiger partial charge in [0.25, 0.3) is 11.6 Å². The van der Waals surface area contributed by atoms with E-state index in [-0.39, 0.29) is 23.7 Å². The van der Waals surface area contributed by atoms with Gasteiger partial charge in [0.2, 0.25) is 0 Å². The third kappa shape index (κ3) is 6.72. The lowest BCUT2D eigenvalue weighted by atomic mass is 10.1. The van der Waals surface area contributed by atoms with Crippen molar-refractivity contribution < 1.29 is 19.2 Å². The Kier molecular flexibility index (Phi) is 7.50. The molecular weight excluding hydrogens is 491 g/mol. The van der Waals surface area contributed by atoms with Crippen molar-refractivity contribution in [3.05, 3.63) is 122 Å². The van der Waals surface area contributed by atoms with Crippen molar-refractivity contribution >= 4 is 40.5 Å². The molecule has 4 aromatic carbocycles. The predicted molar refractivity (Wildman–Crippen MR) is 135 cm³/mol. The molecule has 0 saturated carbocycles. The van der Waals surface area contributed by atoms with Gasteiger partial charge in [-0.25, -0.2) is 0 Å². The molecule has 0 spiro atoms. The van der Waals surface area contributed by atoms with Gasteiger partial charge in [0.1, 0.15) is 23.9 Å². The van der Waals surface area contributed by atoms with Gasteiger partial charge in [-0.1, -0.05) is 35.3 Å². The Hall–Kier alpha value is -4.07. The second-order valence-corrected chi connectivity index (χ2v) is 8.30. The summed E-state index contributed by atoms with van der Waals surface area (Å²) in [7, 11) is 0. The average molecular weight is 509 g/mol. The van der Waals surface area contributed by atoms with Gasteiger partial charge in [-0.05, 0) is 66.2 Å². The lowest BCUT2D eigenvalue weighted by Crippen LogP contribution is -2.12. The third-order valence-corrected chi connectivity index (χ3v) is 5.32. The van der Waals surface area contributed by atoms with Gasteiger partial charge in [-0.2, -0.15) is 0 Å². The molecule has 9 heteroatoms. The molecule has 0 radical (unpaired) electrons. The molecule has 0 aliphatic carbocycles. The topological polar surface area (TPSA) is 90.7 Å². The number of hydrogen-bond donors (Lipinski definition) is 1. The molecule has 0 saturated heterocycles. The van der Waals surface area contributed by atoms with Crippen LogP contribution < -0.4 is 14.8 Å². The minimum Gasteiger partial charge on any atom is -0.489 e. The first-order valence-corrected chi connectivity index (χ1v) is 11.1. The number of non-ortho nitro benzene ring substituents is 1. The zero-order chi connectivity index (χ0) is 24.8. The number of nitrogens with one attached hydrogen (secondary N) is 1. The largest absolute Gasteiger partial charge is 0.489 e. The maximum Gasteiger partial charge on any atom is 0.275 e. The molecule has 35 heavy (non-hydrogen) atoms. The molecular formula is C26H18Cl2N2O5. The molecule has 7 nitrogen and oxygen atoms in total. The fourth-order valence-corrected chi connectivity index (χ4v) is 3.41. The maximum atomic E-state index is 12.9. The number of nitro benzene ring substituents is 1. The maximum absolute atomic E-state index is 12.9. The van der Waals surface area contributed by atoms with Gasteiger partial charge in [0.15, 0.2) is 0 Å². The molecule has 0 bridgehead atoms. The number of carbonyl (C=O) groups excluding carboxylic acids is 1. The Labute approximate surface area is 211 Å². The van der Waals surface area contributed by atoms with Crippen LogP contribution in [0.4, 0.5) is 11.4 Å². The van der Waals surface area contributed by atoms with Crippen LogP contribution in [0.5, 0.6) is 17.2 Å². The van der Waals surface area contributed by atoms with Gasteiger partial charge in [0, 0.05) is 27.7 Å². The number of benzene rings is 4. The van der Waals surface area contributed by atoms with Crippen LogP contribution in [0.15, 0.2) is 91.0 Å². The van der Waals surface area contributed by atoms with E-state index in [0.29, 0.717) is 27.1 Å². The average Bonchev–Trinajstić information content (AvgIpc) is 2.85. The SMILES string of the molecule is O=C(Nc1cc(Oc2ccc(Cl)cc2)cc([N+](=O)[O-])c1)c1cccc(COc2ccc(Cl)cc2)c1. The molecule has 176 valence electrons. The number of carbonyl (C=O) groups is 1. The highest BCUT2D eigenvalue weighted by Crippen LogP contribution is 2.30. The van der Waals surface area contributed by atoms with E-state index in [1.165, 1.54) is 18.2 Å². The molecule has 0 aliphatic heterocycles. The van der Waals surface area contributed by atoms with E-state index in [4.69, 9.17) is 32.7 Å². The van der Waals surface area contributed by atoms with Gasteiger partial charge >= 0.3 is 0 Å². The zero-order valence-electron chi connectivity index (χ0n) is 18.1. The Balaban J connectivity index is 1.49. The van der Waals surface area contributed by atoms with Crippen LogP contribution in [-0.2, 0) is 6.61 Å². The van der Waals surface area contributed by atoms with Crippen LogP contribution >= 0.6 is 23.2 Å². The third-order valence-electron chi connectivity index (χ3n) is 4.82. The molecule has 0 unspecified atom stereocenters. The zero-order valence-corrected chi connectivity index (χ0v) is 19.6. The van der Waals surface area contributed by atoms with E-state index in [1.54, 1.807) is 66.7 Å². The molecule has 0 aromatic heterocycles. The fraction of sp³-hybridized carbons (Fsp3) is 0.0385. The number of rotatable bonds is 8. The number of ether oxygens (including phenoxy) is 2. The molecule has 1 amide bonds. The number of hydrogen-bond acceptors (Lipinski definition) is 5. The van der Waals surface area contributed by atoms with Crippen molar-refractivity contribution in [1.29, 1.82) is 0 Å². The molecule has 0 atom stereocenters. The summed E-state index contributed by atoms with van der Waals surface area (Å²) >= 11 is 11.8. The second-order valence-electron chi connectivity index (χ2n) is 7.43. The lowest BCUT2D eigenvalue weighted by molar-refractivity contribution is -0.384. The molecule has 0 fully saturated rings. The second kappa shape index (κ2) is 10.9. The normalized spacial score (nSPS) is 10.5. The van der Waals surface area contributed by atoms with E-state index in [2.05, 4.69) is 5.32 Å².